The van der Waals surface area contributed by atoms with Gasteiger partial charge in [-0.05, 0) is 38.7 Å². The van der Waals surface area contributed by atoms with E-state index in [4.69, 9.17) is 9.47 Å². The molecule has 0 bridgehead atoms. The lowest BCUT2D eigenvalue weighted by atomic mass is 10.1. The zero-order valence-electron chi connectivity index (χ0n) is 17.2. The van der Waals surface area contributed by atoms with Crippen LogP contribution in [0.25, 0.3) is 0 Å². The number of rotatable bonds is 6. The van der Waals surface area contributed by atoms with Crippen molar-refractivity contribution in [1.82, 2.24) is 10.3 Å². The van der Waals surface area contributed by atoms with Gasteiger partial charge < -0.3 is 14.8 Å². The standard InChI is InChI=1S/C21H28N2O4S/c1-13(2)17-16(19(24)26-6)23-18(28-17)15(12-14-10-8-7-9-11-14)22-20(25)27-21(3,4)5/h7-11,13,15H,12H2,1-6H3,(H,22,25). The zero-order valence-corrected chi connectivity index (χ0v) is 18.1. The van der Waals surface area contributed by atoms with Gasteiger partial charge in [0.05, 0.1) is 13.2 Å². The second kappa shape index (κ2) is 9.19. The van der Waals surface area contributed by atoms with Gasteiger partial charge in [-0.2, -0.15) is 0 Å². The minimum Gasteiger partial charge on any atom is -0.464 e. The second-order valence-electron chi connectivity index (χ2n) is 7.80. The summed E-state index contributed by atoms with van der Waals surface area (Å²) in [5.74, 6) is -0.360. The number of benzene rings is 1. The summed E-state index contributed by atoms with van der Waals surface area (Å²) in [4.78, 5) is 29.9. The molecule has 1 unspecified atom stereocenters. The lowest BCUT2D eigenvalue weighted by molar-refractivity contribution is 0.0503. The van der Waals surface area contributed by atoms with Crippen molar-refractivity contribution >= 4 is 23.4 Å². The van der Waals surface area contributed by atoms with Crippen LogP contribution in [0.5, 0.6) is 0 Å². The molecule has 6 nitrogen and oxygen atoms in total. The Balaban J connectivity index is 2.37. The molecule has 28 heavy (non-hydrogen) atoms. The number of esters is 1. The fourth-order valence-electron chi connectivity index (χ4n) is 2.63. The van der Waals surface area contributed by atoms with Gasteiger partial charge in [0, 0.05) is 4.88 Å². The van der Waals surface area contributed by atoms with Crippen LogP contribution in [0.2, 0.25) is 0 Å². The Kier molecular flexibility index (Phi) is 7.18. The average molecular weight is 405 g/mol. The SMILES string of the molecule is COC(=O)c1nc(C(Cc2ccccc2)NC(=O)OC(C)(C)C)sc1C(C)C. The molecule has 2 rings (SSSR count). The highest BCUT2D eigenvalue weighted by Gasteiger charge is 2.27. The number of carbonyl (C=O) groups excluding carboxylic acids is 2. The maximum absolute atomic E-state index is 12.4. The Morgan fingerprint density at radius 3 is 2.36 bits per heavy atom. The van der Waals surface area contributed by atoms with Crippen molar-refractivity contribution in [2.75, 3.05) is 7.11 Å². The number of nitrogens with zero attached hydrogens (tertiary/aromatic N) is 1. The number of methoxy groups -OCH3 is 1. The van der Waals surface area contributed by atoms with Crippen molar-refractivity contribution in [2.24, 2.45) is 0 Å². The van der Waals surface area contributed by atoms with Crippen molar-refractivity contribution in [1.29, 1.82) is 0 Å². The molecule has 0 aliphatic rings. The summed E-state index contributed by atoms with van der Waals surface area (Å²) in [7, 11) is 1.34. The third kappa shape index (κ3) is 6.05. The molecule has 0 saturated carbocycles. The van der Waals surface area contributed by atoms with Gasteiger partial charge in [0.2, 0.25) is 0 Å². The van der Waals surface area contributed by atoms with E-state index in [0.717, 1.165) is 10.4 Å². The molecule has 0 fully saturated rings. The molecule has 0 radical (unpaired) electrons. The van der Waals surface area contributed by atoms with Crippen LogP contribution >= 0.6 is 11.3 Å². The summed E-state index contributed by atoms with van der Waals surface area (Å²) in [6, 6.07) is 9.39. The highest BCUT2D eigenvalue weighted by molar-refractivity contribution is 7.12. The van der Waals surface area contributed by atoms with Gasteiger partial charge in [-0.25, -0.2) is 14.6 Å². The summed E-state index contributed by atoms with van der Waals surface area (Å²) < 4.78 is 10.3. The maximum Gasteiger partial charge on any atom is 0.408 e. The van der Waals surface area contributed by atoms with Crippen molar-refractivity contribution in [3.8, 4) is 0 Å². The van der Waals surface area contributed by atoms with Gasteiger partial charge in [0.1, 0.15) is 10.6 Å². The average Bonchev–Trinajstić information content (AvgIpc) is 3.05. The van der Waals surface area contributed by atoms with E-state index in [0.29, 0.717) is 17.1 Å². The molecule has 1 aromatic heterocycles. The first-order valence-electron chi connectivity index (χ1n) is 9.23. The number of thiazole rings is 1. The van der Waals surface area contributed by atoms with E-state index in [-0.39, 0.29) is 5.92 Å². The summed E-state index contributed by atoms with van der Waals surface area (Å²) in [6.45, 7) is 9.44. The van der Waals surface area contributed by atoms with E-state index in [1.165, 1.54) is 18.4 Å². The van der Waals surface area contributed by atoms with Gasteiger partial charge in [-0.3, -0.25) is 0 Å². The fourth-order valence-corrected chi connectivity index (χ4v) is 3.74. The van der Waals surface area contributed by atoms with E-state index in [9.17, 15) is 9.59 Å². The van der Waals surface area contributed by atoms with E-state index in [2.05, 4.69) is 10.3 Å². The van der Waals surface area contributed by atoms with Crippen LogP contribution in [-0.2, 0) is 15.9 Å². The highest BCUT2D eigenvalue weighted by atomic mass is 32.1. The number of amides is 1. The number of aromatic nitrogens is 1. The Morgan fingerprint density at radius 2 is 1.82 bits per heavy atom. The smallest absolute Gasteiger partial charge is 0.408 e. The molecule has 1 heterocycles. The first kappa shape index (κ1) is 21.9. The van der Waals surface area contributed by atoms with E-state index in [1.54, 1.807) is 0 Å². The van der Waals surface area contributed by atoms with Crippen molar-refractivity contribution < 1.29 is 19.1 Å². The predicted octanol–water partition coefficient (Wildman–Crippen LogP) is 4.86. The normalized spacial score (nSPS) is 12.5. The van der Waals surface area contributed by atoms with Gasteiger partial charge >= 0.3 is 12.1 Å². The number of alkyl carbamates (subject to hydrolysis) is 1. The van der Waals surface area contributed by atoms with Crippen LogP contribution in [0.1, 0.15) is 72.5 Å². The van der Waals surface area contributed by atoms with Crippen LogP contribution in [0, 0.1) is 0 Å². The van der Waals surface area contributed by atoms with Gasteiger partial charge in [-0.1, -0.05) is 44.2 Å². The Morgan fingerprint density at radius 1 is 1.18 bits per heavy atom. The molecule has 1 aromatic carbocycles. The summed E-state index contributed by atoms with van der Waals surface area (Å²) in [5, 5.41) is 3.56. The molecule has 0 saturated heterocycles. The number of nitrogens with one attached hydrogen (secondary N) is 1. The Labute approximate surface area is 170 Å². The maximum atomic E-state index is 12.4. The van der Waals surface area contributed by atoms with Gasteiger partial charge in [-0.15, -0.1) is 11.3 Å². The molecule has 0 aliphatic carbocycles. The quantitative estimate of drug-likeness (QED) is 0.696. The van der Waals surface area contributed by atoms with E-state index in [1.807, 2.05) is 65.0 Å². The summed E-state index contributed by atoms with van der Waals surface area (Å²) in [5.41, 5.74) is 0.746. The van der Waals surface area contributed by atoms with E-state index < -0.39 is 23.7 Å². The number of hydrogen-bond acceptors (Lipinski definition) is 6. The third-order valence-corrected chi connectivity index (χ3v) is 5.31. The largest absolute Gasteiger partial charge is 0.464 e. The van der Waals surface area contributed by atoms with Crippen LogP contribution < -0.4 is 5.32 Å². The molecule has 0 spiro atoms. The first-order valence-corrected chi connectivity index (χ1v) is 10.0. The Hall–Kier alpha value is -2.41. The van der Waals surface area contributed by atoms with Gasteiger partial charge in [0.25, 0.3) is 0 Å². The minimum atomic E-state index is -0.607. The summed E-state index contributed by atoms with van der Waals surface area (Å²) in [6.07, 6.45) is 0.0144. The topological polar surface area (TPSA) is 77.5 Å². The molecule has 152 valence electrons. The van der Waals surface area contributed by atoms with Crippen LogP contribution in [0.3, 0.4) is 0 Å². The summed E-state index contributed by atoms with van der Waals surface area (Å²) >= 11 is 1.42. The Bertz CT molecular complexity index is 810. The van der Waals surface area contributed by atoms with Crippen LogP contribution in [-0.4, -0.2) is 29.8 Å². The first-order chi connectivity index (χ1) is 13.1. The van der Waals surface area contributed by atoms with E-state index >= 15 is 0 Å². The van der Waals surface area contributed by atoms with Crippen molar-refractivity contribution in [3.05, 3.63) is 51.5 Å². The molecule has 7 heteroatoms. The highest BCUT2D eigenvalue weighted by Crippen LogP contribution is 2.32. The molecule has 1 atom stereocenters. The van der Waals surface area contributed by atoms with Gasteiger partial charge in [0.15, 0.2) is 5.69 Å². The molecule has 1 N–H and O–H groups in total. The fraction of sp³-hybridized carbons (Fsp3) is 0.476. The number of ether oxygens (including phenoxy) is 2. The molecule has 0 aliphatic heterocycles. The monoisotopic (exact) mass is 404 g/mol. The number of carbonyl (C=O) groups is 2. The minimum absolute atomic E-state index is 0.110. The molecule has 2 aromatic rings. The molecule has 1 amide bonds. The van der Waals surface area contributed by atoms with Crippen LogP contribution in [0.15, 0.2) is 30.3 Å². The lowest BCUT2D eigenvalue weighted by Crippen LogP contribution is -2.35. The predicted molar refractivity (Wildman–Crippen MR) is 110 cm³/mol. The second-order valence-corrected chi connectivity index (χ2v) is 8.86. The lowest BCUT2D eigenvalue weighted by Gasteiger charge is -2.23. The third-order valence-electron chi connectivity index (χ3n) is 3.84. The number of hydrogen-bond donors (Lipinski definition) is 1. The molecular formula is C21H28N2O4S. The van der Waals surface area contributed by atoms with Crippen molar-refractivity contribution in [3.63, 3.8) is 0 Å². The van der Waals surface area contributed by atoms with Crippen molar-refractivity contribution in [2.45, 2.75) is 58.6 Å². The zero-order chi connectivity index (χ0) is 20.9. The molecular weight excluding hydrogens is 376 g/mol. The van der Waals surface area contributed by atoms with Crippen LogP contribution in [0.4, 0.5) is 4.79 Å².